The molecular formula is C23H28N4O2. The van der Waals surface area contributed by atoms with Crippen LogP contribution in [0.1, 0.15) is 42.1 Å². The molecule has 0 spiro atoms. The van der Waals surface area contributed by atoms with Crippen LogP contribution >= 0.6 is 0 Å². The predicted molar refractivity (Wildman–Crippen MR) is 114 cm³/mol. The molecule has 0 atom stereocenters. The van der Waals surface area contributed by atoms with Gasteiger partial charge in [0.2, 0.25) is 0 Å². The van der Waals surface area contributed by atoms with Crippen molar-refractivity contribution in [2.24, 2.45) is 0 Å². The van der Waals surface area contributed by atoms with E-state index in [-0.39, 0.29) is 0 Å². The summed E-state index contributed by atoms with van der Waals surface area (Å²) in [5.74, 6) is 2.03. The molecule has 3 heterocycles. The molecule has 29 heavy (non-hydrogen) atoms. The number of fused-ring (bicyclic) bond motifs is 1. The van der Waals surface area contributed by atoms with Crippen molar-refractivity contribution in [3.63, 3.8) is 0 Å². The molecule has 1 aromatic heterocycles. The number of methoxy groups -OCH3 is 1. The van der Waals surface area contributed by atoms with Crippen LogP contribution < -0.4 is 14.5 Å². The van der Waals surface area contributed by atoms with Crippen molar-refractivity contribution >= 4 is 11.5 Å². The summed E-state index contributed by atoms with van der Waals surface area (Å²) in [7, 11) is 1.68. The Kier molecular flexibility index (Phi) is 5.59. The van der Waals surface area contributed by atoms with Gasteiger partial charge in [0.1, 0.15) is 17.6 Å². The quantitative estimate of drug-likeness (QED) is 0.794. The first-order valence-corrected chi connectivity index (χ1v) is 10.3. The van der Waals surface area contributed by atoms with Crippen LogP contribution in [0, 0.1) is 11.3 Å². The Labute approximate surface area is 172 Å². The van der Waals surface area contributed by atoms with Gasteiger partial charge in [-0.25, -0.2) is 4.98 Å². The van der Waals surface area contributed by atoms with Crippen LogP contribution in [0.5, 0.6) is 5.75 Å². The van der Waals surface area contributed by atoms with Gasteiger partial charge in [-0.1, -0.05) is 13.8 Å². The van der Waals surface area contributed by atoms with E-state index >= 15 is 0 Å². The summed E-state index contributed by atoms with van der Waals surface area (Å²) >= 11 is 0. The molecule has 0 aliphatic carbocycles. The van der Waals surface area contributed by atoms with Crippen LogP contribution in [-0.4, -0.2) is 44.9 Å². The van der Waals surface area contributed by atoms with Gasteiger partial charge in [0.05, 0.1) is 31.6 Å². The molecule has 0 N–H and O–H groups in total. The second-order valence-electron chi connectivity index (χ2n) is 7.89. The molecule has 0 unspecified atom stereocenters. The first-order chi connectivity index (χ1) is 14.1. The lowest BCUT2D eigenvalue weighted by molar-refractivity contribution is 0.109. The first kappa shape index (κ1) is 19.5. The molecule has 6 nitrogen and oxygen atoms in total. The van der Waals surface area contributed by atoms with Gasteiger partial charge in [-0.3, -0.25) is 0 Å². The molecule has 1 aromatic carbocycles. The molecule has 2 aromatic rings. The Bertz CT molecular complexity index is 910. The number of pyridine rings is 1. The minimum absolute atomic E-state index is 0.303. The molecule has 0 bridgehead atoms. The Morgan fingerprint density at radius 2 is 1.76 bits per heavy atom. The Hall–Kier alpha value is -2.78. The van der Waals surface area contributed by atoms with Crippen molar-refractivity contribution in [3.8, 4) is 11.8 Å². The topological polar surface area (TPSA) is 61.6 Å². The number of nitrogens with zero attached hydrogens (tertiary/aromatic N) is 4. The highest BCUT2D eigenvalue weighted by Gasteiger charge is 2.28. The lowest BCUT2D eigenvalue weighted by Crippen LogP contribution is -2.47. The Morgan fingerprint density at radius 3 is 2.38 bits per heavy atom. The Morgan fingerprint density at radius 1 is 1.07 bits per heavy atom. The molecule has 152 valence electrons. The third-order valence-corrected chi connectivity index (χ3v) is 5.84. The second-order valence-corrected chi connectivity index (χ2v) is 7.89. The number of hydrogen-bond donors (Lipinski definition) is 0. The highest BCUT2D eigenvalue weighted by molar-refractivity contribution is 5.63. The van der Waals surface area contributed by atoms with Crippen LogP contribution in [0.4, 0.5) is 11.5 Å². The van der Waals surface area contributed by atoms with Crippen LogP contribution in [-0.2, 0) is 17.8 Å². The zero-order valence-corrected chi connectivity index (χ0v) is 17.4. The maximum absolute atomic E-state index is 9.93. The largest absolute Gasteiger partial charge is 0.497 e. The number of nitriles is 1. The highest BCUT2D eigenvalue weighted by Crippen LogP contribution is 2.33. The van der Waals surface area contributed by atoms with E-state index in [4.69, 9.17) is 14.5 Å². The lowest BCUT2D eigenvalue weighted by atomic mass is 9.92. The van der Waals surface area contributed by atoms with Gasteiger partial charge >= 0.3 is 0 Å². The van der Waals surface area contributed by atoms with E-state index in [1.807, 2.05) is 12.1 Å². The van der Waals surface area contributed by atoms with E-state index < -0.39 is 0 Å². The molecule has 0 amide bonds. The highest BCUT2D eigenvalue weighted by atomic mass is 16.5. The molecule has 1 saturated heterocycles. The molecule has 0 radical (unpaired) electrons. The summed E-state index contributed by atoms with van der Waals surface area (Å²) in [5, 5.41) is 9.93. The minimum atomic E-state index is 0.303. The van der Waals surface area contributed by atoms with Gasteiger partial charge in [-0.05, 0) is 42.2 Å². The van der Waals surface area contributed by atoms with Crippen LogP contribution in [0.3, 0.4) is 0 Å². The zero-order chi connectivity index (χ0) is 20.4. The maximum atomic E-state index is 9.93. The van der Waals surface area contributed by atoms with E-state index in [9.17, 15) is 5.26 Å². The van der Waals surface area contributed by atoms with E-state index in [1.54, 1.807) is 7.11 Å². The van der Waals surface area contributed by atoms with E-state index in [0.717, 1.165) is 66.6 Å². The van der Waals surface area contributed by atoms with Gasteiger partial charge in [0.25, 0.3) is 0 Å². The fourth-order valence-corrected chi connectivity index (χ4v) is 4.26. The second kappa shape index (κ2) is 8.30. The molecule has 2 aliphatic heterocycles. The van der Waals surface area contributed by atoms with E-state index in [2.05, 4.69) is 41.8 Å². The van der Waals surface area contributed by atoms with Crippen LogP contribution in [0.15, 0.2) is 24.3 Å². The predicted octanol–water partition coefficient (Wildman–Crippen LogP) is 3.48. The number of benzene rings is 1. The maximum Gasteiger partial charge on any atom is 0.147 e. The lowest BCUT2D eigenvalue weighted by Gasteiger charge is -2.38. The molecule has 4 rings (SSSR count). The summed E-state index contributed by atoms with van der Waals surface area (Å²) in [6.45, 7) is 9.06. The molecular weight excluding hydrogens is 364 g/mol. The number of anilines is 2. The minimum Gasteiger partial charge on any atom is -0.497 e. The standard InChI is InChI=1S/C23H28N4O2/c1-16(2)22-21-15-29-13-8-19(21)20(14-24)23(25-22)27-11-9-26(10-12-27)17-4-6-18(28-3)7-5-17/h4-7,16H,8-13,15H2,1-3H3. The van der Waals surface area contributed by atoms with Gasteiger partial charge in [-0.15, -0.1) is 0 Å². The number of aromatic nitrogens is 1. The van der Waals surface area contributed by atoms with Crippen molar-refractivity contribution < 1.29 is 9.47 Å². The number of hydrogen-bond acceptors (Lipinski definition) is 6. The van der Waals surface area contributed by atoms with Gasteiger partial charge < -0.3 is 19.3 Å². The van der Waals surface area contributed by atoms with Crippen molar-refractivity contribution in [2.75, 3.05) is 49.7 Å². The van der Waals surface area contributed by atoms with Crippen LogP contribution in [0.25, 0.3) is 0 Å². The van der Waals surface area contributed by atoms with Crippen molar-refractivity contribution in [1.82, 2.24) is 4.98 Å². The fraction of sp³-hybridized carbons (Fsp3) is 0.478. The van der Waals surface area contributed by atoms with Gasteiger partial charge in [-0.2, -0.15) is 5.26 Å². The van der Waals surface area contributed by atoms with Crippen molar-refractivity contribution in [2.45, 2.75) is 32.8 Å². The normalized spacial score (nSPS) is 16.5. The first-order valence-electron chi connectivity index (χ1n) is 10.3. The average molecular weight is 393 g/mol. The summed E-state index contributed by atoms with van der Waals surface area (Å²) in [6.07, 6.45) is 0.791. The fourth-order valence-electron chi connectivity index (χ4n) is 4.26. The summed E-state index contributed by atoms with van der Waals surface area (Å²) in [5.41, 5.74) is 5.29. The third-order valence-electron chi connectivity index (χ3n) is 5.84. The zero-order valence-electron chi connectivity index (χ0n) is 17.4. The molecule has 6 heteroatoms. The molecule has 2 aliphatic rings. The number of piperazine rings is 1. The summed E-state index contributed by atoms with van der Waals surface area (Å²) in [4.78, 5) is 9.64. The molecule has 1 fully saturated rings. The molecule has 0 saturated carbocycles. The van der Waals surface area contributed by atoms with Crippen LogP contribution in [0.2, 0.25) is 0 Å². The van der Waals surface area contributed by atoms with E-state index in [0.29, 0.717) is 19.1 Å². The summed E-state index contributed by atoms with van der Waals surface area (Å²) < 4.78 is 10.9. The monoisotopic (exact) mass is 392 g/mol. The average Bonchev–Trinajstić information content (AvgIpc) is 2.78. The third kappa shape index (κ3) is 3.75. The SMILES string of the molecule is COc1ccc(N2CCN(c3nc(C(C)C)c4c(c3C#N)CCOC4)CC2)cc1. The summed E-state index contributed by atoms with van der Waals surface area (Å²) in [6, 6.07) is 10.7. The Balaban J connectivity index is 1.59. The van der Waals surface area contributed by atoms with E-state index in [1.165, 1.54) is 5.69 Å². The van der Waals surface area contributed by atoms with Gasteiger partial charge in [0.15, 0.2) is 0 Å². The number of rotatable bonds is 4. The number of ether oxygens (including phenoxy) is 2. The van der Waals surface area contributed by atoms with Crippen molar-refractivity contribution in [3.05, 3.63) is 46.6 Å². The smallest absolute Gasteiger partial charge is 0.147 e. The van der Waals surface area contributed by atoms with Crippen molar-refractivity contribution in [1.29, 1.82) is 5.26 Å². The van der Waals surface area contributed by atoms with Gasteiger partial charge in [0, 0.05) is 37.4 Å².